The smallest absolute Gasteiger partial charge is 0.395 e. The van der Waals surface area contributed by atoms with Crippen molar-refractivity contribution in [1.29, 1.82) is 0 Å². The fourth-order valence-electron chi connectivity index (χ4n) is 2.31. The summed E-state index contributed by atoms with van der Waals surface area (Å²) in [6.45, 7) is 1.67. The molecule has 1 amide bonds. The van der Waals surface area contributed by atoms with Gasteiger partial charge in [0.05, 0.1) is 28.8 Å². The molecule has 4 rings (SSSR count). The van der Waals surface area contributed by atoms with Gasteiger partial charge in [-0.25, -0.2) is 4.98 Å². The van der Waals surface area contributed by atoms with E-state index in [1.54, 1.807) is 6.92 Å². The number of halogens is 3. The van der Waals surface area contributed by atoms with Gasteiger partial charge in [-0.05, 0) is 24.5 Å². The highest BCUT2D eigenvalue weighted by molar-refractivity contribution is 7.08. The number of alkyl halides is 2. The van der Waals surface area contributed by atoms with E-state index in [9.17, 15) is 13.6 Å². The number of nitrogens with one attached hydrogen (secondary N) is 1. The number of amides is 1. The Labute approximate surface area is 159 Å². The van der Waals surface area contributed by atoms with Crippen LogP contribution in [0.2, 0.25) is 5.02 Å². The van der Waals surface area contributed by atoms with Gasteiger partial charge in [0.25, 0.3) is 5.91 Å². The molecule has 0 spiro atoms. The van der Waals surface area contributed by atoms with Gasteiger partial charge in [-0.2, -0.15) is 0 Å². The maximum atomic E-state index is 13.2. The molecule has 1 N–H and O–H groups in total. The van der Waals surface area contributed by atoms with Crippen molar-refractivity contribution in [2.45, 2.75) is 13.2 Å². The number of carbonyl (C=O) groups is 1. The number of anilines is 1. The molecule has 138 valence electrons. The largest absolute Gasteiger partial charge is 0.586 e. The molecular formula is C15H8ClF2N5O3S. The van der Waals surface area contributed by atoms with Gasteiger partial charge in [-0.3, -0.25) is 9.78 Å². The molecule has 0 atom stereocenters. The molecule has 0 aliphatic carbocycles. The third kappa shape index (κ3) is 3.38. The third-order valence-electron chi connectivity index (χ3n) is 3.52. The second-order valence-electron chi connectivity index (χ2n) is 5.37. The molecular weight excluding hydrogens is 404 g/mol. The first kappa shape index (κ1) is 17.5. The highest BCUT2D eigenvalue weighted by atomic mass is 35.5. The van der Waals surface area contributed by atoms with Crippen molar-refractivity contribution >= 4 is 34.9 Å². The first-order valence-corrected chi connectivity index (χ1v) is 8.49. The summed E-state index contributed by atoms with van der Waals surface area (Å²) in [5.74, 6) is -0.543. The third-order valence-corrected chi connectivity index (χ3v) is 4.66. The molecule has 1 aliphatic heterocycles. The summed E-state index contributed by atoms with van der Waals surface area (Å²) in [6, 6.07) is 2.50. The van der Waals surface area contributed by atoms with Gasteiger partial charge in [-0.15, -0.1) is 13.9 Å². The zero-order valence-corrected chi connectivity index (χ0v) is 14.9. The molecule has 0 unspecified atom stereocenters. The first-order valence-electron chi connectivity index (χ1n) is 7.34. The Kier molecular flexibility index (Phi) is 4.12. The van der Waals surface area contributed by atoms with Crippen LogP contribution in [0.15, 0.2) is 24.5 Å². The Morgan fingerprint density at radius 2 is 1.96 bits per heavy atom. The molecule has 0 bridgehead atoms. The van der Waals surface area contributed by atoms with E-state index < -0.39 is 12.2 Å². The number of rotatable bonds is 3. The molecule has 1 aliphatic rings. The average molecular weight is 412 g/mol. The molecule has 12 heteroatoms. The van der Waals surface area contributed by atoms with Crippen LogP contribution >= 0.6 is 23.1 Å². The Hall–Kier alpha value is -2.92. The number of benzene rings is 1. The Bertz CT molecular complexity index is 1040. The van der Waals surface area contributed by atoms with Gasteiger partial charge in [0, 0.05) is 11.6 Å². The molecule has 0 saturated heterocycles. The molecule has 1 aromatic carbocycles. The Morgan fingerprint density at radius 3 is 2.59 bits per heavy atom. The highest BCUT2D eigenvalue weighted by Gasteiger charge is 2.43. The van der Waals surface area contributed by atoms with Crippen LogP contribution in [0, 0.1) is 6.92 Å². The molecule has 3 heterocycles. The fourth-order valence-corrected chi connectivity index (χ4v) is 3.11. The predicted octanol–water partition coefficient (Wildman–Crippen LogP) is 3.53. The second kappa shape index (κ2) is 6.35. The molecule has 2 aromatic heterocycles. The van der Waals surface area contributed by atoms with Crippen LogP contribution in [0.25, 0.3) is 11.3 Å². The number of aryl methyl sites for hydroxylation is 1. The van der Waals surface area contributed by atoms with Gasteiger partial charge in [0.15, 0.2) is 17.3 Å². The van der Waals surface area contributed by atoms with Crippen molar-refractivity contribution in [3.8, 4) is 22.8 Å². The summed E-state index contributed by atoms with van der Waals surface area (Å²) in [4.78, 5) is 20.7. The number of carbonyl (C=O) groups excluding carboxylic acids is 1. The maximum Gasteiger partial charge on any atom is 0.586 e. The van der Waals surface area contributed by atoms with Crippen molar-refractivity contribution in [2.75, 3.05) is 5.32 Å². The van der Waals surface area contributed by atoms with E-state index in [0.717, 1.165) is 11.5 Å². The lowest BCUT2D eigenvalue weighted by Crippen LogP contribution is -2.25. The number of nitrogens with zero attached hydrogens (tertiary/aromatic N) is 4. The maximum absolute atomic E-state index is 13.2. The lowest BCUT2D eigenvalue weighted by atomic mass is 10.1. The van der Waals surface area contributed by atoms with E-state index in [4.69, 9.17) is 11.6 Å². The van der Waals surface area contributed by atoms with Gasteiger partial charge in [0.2, 0.25) is 0 Å². The zero-order chi connectivity index (χ0) is 19.2. The van der Waals surface area contributed by atoms with Crippen LogP contribution in [0.4, 0.5) is 14.6 Å². The number of hydrogen-bond donors (Lipinski definition) is 1. The number of fused-ring (bicyclic) bond motifs is 1. The second-order valence-corrected chi connectivity index (χ2v) is 6.54. The van der Waals surface area contributed by atoms with Crippen molar-refractivity contribution < 1.29 is 23.0 Å². The summed E-state index contributed by atoms with van der Waals surface area (Å²) in [5, 5.41) is 6.47. The Morgan fingerprint density at radius 1 is 1.22 bits per heavy atom. The van der Waals surface area contributed by atoms with E-state index in [1.807, 2.05) is 0 Å². The number of aromatic nitrogens is 4. The van der Waals surface area contributed by atoms with Gasteiger partial charge in [-0.1, -0.05) is 16.1 Å². The molecule has 3 aromatic rings. The predicted molar refractivity (Wildman–Crippen MR) is 91.3 cm³/mol. The SMILES string of the molecule is Cc1nnsc1C(=O)Nc1cnc(-c2cc3c(cc2Cl)OC(F)(F)O3)cn1. The average Bonchev–Trinajstić information content (AvgIpc) is 3.16. The van der Waals surface area contributed by atoms with E-state index in [-0.39, 0.29) is 22.3 Å². The lowest BCUT2D eigenvalue weighted by Gasteiger charge is -2.07. The van der Waals surface area contributed by atoms with Crippen LogP contribution < -0.4 is 14.8 Å². The van der Waals surface area contributed by atoms with Crippen LogP contribution in [0.5, 0.6) is 11.5 Å². The summed E-state index contributed by atoms with van der Waals surface area (Å²) in [6.07, 6.45) is -1.09. The summed E-state index contributed by atoms with van der Waals surface area (Å²) < 4.78 is 38.8. The van der Waals surface area contributed by atoms with Crippen LogP contribution in [0.1, 0.15) is 15.4 Å². The molecule has 0 radical (unpaired) electrons. The van der Waals surface area contributed by atoms with Crippen LogP contribution in [0.3, 0.4) is 0 Å². The monoisotopic (exact) mass is 411 g/mol. The van der Waals surface area contributed by atoms with Gasteiger partial charge < -0.3 is 14.8 Å². The molecule has 27 heavy (non-hydrogen) atoms. The summed E-state index contributed by atoms with van der Waals surface area (Å²) in [5.41, 5.74) is 1.13. The standard InChI is InChI=1S/C15H8ClF2N5O3S/c1-6-13(27-23-22-6)14(24)21-12-5-19-9(4-20-12)7-2-10-11(3-8(7)16)26-15(17,18)25-10/h2-5H,1H3,(H,20,21,24). The quantitative estimate of drug-likeness (QED) is 0.703. The zero-order valence-electron chi connectivity index (χ0n) is 13.4. The van der Waals surface area contributed by atoms with Crippen LogP contribution in [-0.2, 0) is 0 Å². The highest BCUT2D eigenvalue weighted by Crippen LogP contribution is 2.45. The molecule has 8 nitrogen and oxygen atoms in total. The van der Waals surface area contributed by atoms with Crippen LogP contribution in [-0.4, -0.2) is 31.8 Å². The van der Waals surface area contributed by atoms with Gasteiger partial charge in [0.1, 0.15) is 4.88 Å². The van der Waals surface area contributed by atoms with Crippen molar-refractivity contribution in [3.63, 3.8) is 0 Å². The van der Waals surface area contributed by atoms with E-state index >= 15 is 0 Å². The lowest BCUT2D eigenvalue weighted by molar-refractivity contribution is -0.286. The van der Waals surface area contributed by atoms with Gasteiger partial charge >= 0.3 is 6.29 Å². The van der Waals surface area contributed by atoms with Crippen molar-refractivity contribution in [3.05, 3.63) is 40.1 Å². The molecule has 0 saturated carbocycles. The summed E-state index contributed by atoms with van der Waals surface area (Å²) in [7, 11) is 0. The topological polar surface area (TPSA) is 99.1 Å². The van der Waals surface area contributed by atoms with E-state index in [0.29, 0.717) is 21.8 Å². The number of ether oxygens (including phenoxy) is 2. The first-order chi connectivity index (χ1) is 12.8. The minimum absolute atomic E-state index is 0.132. The van der Waals surface area contributed by atoms with Crippen molar-refractivity contribution in [2.24, 2.45) is 0 Å². The van der Waals surface area contributed by atoms with E-state index in [2.05, 4.69) is 34.3 Å². The summed E-state index contributed by atoms with van der Waals surface area (Å²) >= 11 is 7.08. The van der Waals surface area contributed by atoms with E-state index in [1.165, 1.54) is 24.5 Å². The molecule has 0 fully saturated rings. The fraction of sp³-hybridized carbons (Fsp3) is 0.133. The minimum atomic E-state index is -3.74. The minimum Gasteiger partial charge on any atom is -0.395 e. The Balaban J connectivity index is 1.57. The normalized spacial score (nSPS) is 14.2. The van der Waals surface area contributed by atoms with Crippen molar-refractivity contribution in [1.82, 2.24) is 19.6 Å². The number of hydrogen-bond acceptors (Lipinski definition) is 8.